The SMILES string of the molecule is ClC1CCN(CCC2CCCO2)CC1. The summed E-state index contributed by atoms with van der Waals surface area (Å²) in [7, 11) is 0. The zero-order valence-corrected chi connectivity index (χ0v) is 9.51. The third kappa shape index (κ3) is 3.11. The Bertz CT molecular complexity index is 163. The van der Waals surface area contributed by atoms with Gasteiger partial charge in [0, 0.05) is 18.5 Å². The standard InChI is InChI=1S/C11H20ClNO/c12-10-3-6-13(7-4-10)8-5-11-2-1-9-14-11/h10-11H,1-9H2. The van der Waals surface area contributed by atoms with Gasteiger partial charge in [-0.2, -0.15) is 0 Å². The molecule has 2 nitrogen and oxygen atoms in total. The molecule has 0 N–H and O–H groups in total. The van der Waals surface area contributed by atoms with Crippen LogP contribution in [0.25, 0.3) is 0 Å². The summed E-state index contributed by atoms with van der Waals surface area (Å²) >= 11 is 6.06. The molecule has 0 saturated carbocycles. The number of piperidine rings is 1. The van der Waals surface area contributed by atoms with Crippen molar-refractivity contribution in [1.82, 2.24) is 4.90 Å². The topological polar surface area (TPSA) is 12.5 Å². The highest BCUT2D eigenvalue weighted by molar-refractivity contribution is 6.20. The van der Waals surface area contributed by atoms with Crippen molar-refractivity contribution in [3.05, 3.63) is 0 Å². The lowest BCUT2D eigenvalue weighted by Crippen LogP contribution is -2.35. The molecule has 2 aliphatic heterocycles. The number of likely N-dealkylation sites (tertiary alicyclic amines) is 1. The first-order valence-electron chi connectivity index (χ1n) is 5.82. The summed E-state index contributed by atoms with van der Waals surface area (Å²) in [5, 5.41) is 0.425. The number of alkyl halides is 1. The minimum atomic E-state index is 0.425. The summed E-state index contributed by atoms with van der Waals surface area (Å²) in [4.78, 5) is 2.53. The lowest BCUT2D eigenvalue weighted by Gasteiger charge is -2.29. The second kappa shape index (κ2) is 5.34. The van der Waals surface area contributed by atoms with Gasteiger partial charge in [-0.1, -0.05) is 0 Å². The third-order valence-electron chi connectivity index (χ3n) is 3.31. The van der Waals surface area contributed by atoms with E-state index in [0.29, 0.717) is 11.5 Å². The summed E-state index contributed by atoms with van der Waals surface area (Å²) in [6, 6.07) is 0. The van der Waals surface area contributed by atoms with Crippen LogP contribution in [-0.2, 0) is 4.74 Å². The fourth-order valence-electron chi connectivity index (χ4n) is 2.32. The fraction of sp³-hybridized carbons (Fsp3) is 1.00. The summed E-state index contributed by atoms with van der Waals surface area (Å²) in [6.07, 6.45) is 6.61. The highest BCUT2D eigenvalue weighted by Crippen LogP contribution is 2.19. The predicted molar refractivity (Wildman–Crippen MR) is 58.9 cm³/mol. The first-order chi connectivity index (χ1) is 6.84. The molecule has 82 valence electrons. The molecule has 0 bridgehead atoms. The molecule has 1 unspecified atom stereocenters. The van der Waals surface area contributed by atoms with Crippen LogP contribution in [0.2, 0.25) is 0 Å². The average Bonchev–Trinajstić information content (AvgIpc) is 2.70. The van der Waals surface area contributed by atoms with Gasteiger partial charge in [0.15, 0.2) is 0 Å². The average molecular weight is 218 g/mol. The van der Waals surface area contributed by atoms with Gasteiger partial charge < -0.3 is 9.64 Å². The molecule has 2 fully saturated rings. The molecule has 2 aliphatic rings. The number of rotatable bonds is 3. The van der Waals surface area contributed by atoms with Crippen LogP contribution in [0, 0.1) is 0 Å². The highest BCUT2D eigenvalue weighted by Gasteiger charge is 2.20. The van der Waals surface area contributed by atoms with Crippen LogP contribution in [0.5, 0.6) is 0 Å². The van der Waals surface area contributed by atoms with E-state index in [4.69, 9.17) is 16.3 Å². The van der Waals surface area contributed by atoms with E-state index in [1.807, 2.05) is 0 Å². The van der Waals surface area contributed by atoms with Crippen molar-refractivity contribution in [3.8, 4) is 0 Å². The van der Waals surface area contributed by atoms with E-state index >= 15 is 0 Å². The Labute approximate surface area is 91.6 Å². The van der Waals surface area contributed by atoms with Gasteiger partial charge in [0.05, 0.1) is 6.10 Å². The van der Waals surface area contributed by atoms with Gasteiger partial charge >= 0.3 is 0 Å². The first-order valence-corrected chi connectivity index (χ1v) is 6.26. The second-order valence-corrected chi connectivity index (χ2v) is 5.06. The van der Waals surface area contributed by atoms with Crippen molar-refractivity contribution >= 4 is 11.6 Å². The maximum absolute atomic E-state index is 6.06. The smallest absolute Gasteiger partial charge is 0.0588 e. The van der Waals surface area contributed by atoms with Gasteiger partial charge in [-0.3, -0.25) is 0 Å². The van der Waals surface area contributed by atoms with Crippen molar-refractivity contribution in [2.24, 2.45) is 0 Å². The molecule has 3 heteroatoms. The van der Waals surface area contributed by atoms with Crippen LogP contribution in [0.15, 0.2) is 0 Å². The summed E-state index contributed by atoms with van der Waals surface area (Å²) in [6.45, 7) is 4.55. The van der Waals surface area contributed by atoms with Crippen molar-refractivity contribution < 1.29 is 4.74 Å². The van der Waals surface area contributed by atoms with E-state index in [9.17, 15) is 0 Å². The second-order valence-electron chi connectivity index (χ2n) is 4.44. The van der Waals surface area contributed by atoms with Gasteiger partial charge in [-0.15, -0.1) is 11.6 Å². The number of nitrogens with zero attached hydrogens (tertiary/aromatic N) is 1. The molecule has 0 aromatic heterocycles. The summed E-state index contributed by atoms with van der Waals surface area (Å²) < 4.78 is 5.61. The van der Waals surface area contributed by atoms with Crippen LogP contribution >= 0.6 is 11.6 Å². The molecule has 0 spiro atoms. The van der Waals surface area contributed by atoms with Gasteiger partial charge in [0.25, 0.3) is 0 Å². The zero-order chi connectivity index (χ0) is 9.80. The highest BCUT2D eigenvalue weighted by atomic mass is 35.5. The zero-order valence-electron chi connectivity index (χ0n) is 8.75. The normalized spacial score (nSPS) is 31.1. The Hall–Kier alpha value is 0.210. The largest absolute Gasteiger partial charge is 0.378 e. The first kappa shape index (κ1) is 10.7. The maximum atomic E-state index is 6.06. The number of halogens is 1. The summed E-state index contributed by atoms with van der Waals surface area (Å²) in [5.74, 6) is 0. The lowest BCUT2D eigenvalue weighted by atomic mass is 10.1. The van der Waals surface area contributed by atoms with Crippen molar-refractivity contribution in [2.75, 3.05) is 26.2 Å². The molecule has 1 atom stereocenters. The summed E-state index contributed by atoms with van der Waals surface area (Å²) in [5.41, 5.74) is 0. The molecule has 0 aromatic carbocycles. The Balaban J connectivity index is 1.60. The van der Waals surface area contributed by atoms with Crippen LogP contribution < -0.4 is 0 Å². The number of ether oxygens (including phenoxy) is 1. The Morgan fingerprint density at radius 2 is 2.00 bits per heavy atom. The van der Waals surface area contributed by atoms with E-state index in [1.165, 1.54) is 38.9 Å². The molecule has 2 rings (SSSR count). The van der Waals surface area contributed by atoms with E-state index in [-0.39, 0.29) is 0 Å². The van der Waals surface area contributed by atoms with Crippen molar-refractivity contribution in [3.63, 3.8) is 0 Å². The van der Waals surface area contributed by atoms with Crippen LogP contribution in [0.4, 0.5) is 0 Å². The minimum Gasteiger partial charge on any atom is -0.378 e. The van der Waals surface area contributed by atoms with Crippen molar-refractivity contribution in [2.45, 2.75) is 43.6 Å². The van der Waals surface area contributed by atoms with Gasteiger partial charge in [0.2, 0.25) is 0 Å². The molecule has 0 aromatic rings. The van der Waals surface area contributed by atoms with Gasteiger partial charge in [0.1, 0.15) is 0 Å². The Morgan fingerprint density at radius 3 is 2.64 bits per heavy atom. The van der Waals surface area contributed by atoms with Gasteiger partial charge in [-0.25, -0.2) is 0 Å². The van der Waals surface area contributed by atoms with Crippen LogP contribution in [0.3, 0.4) is 0 Å². The number of hydrogen-bond acceptors (Lipinski definition) is 2. The molecule has 0 radical (unpaired) electrons. The minimum absolute atomic E-state index is 0.425. The molecule has 14 heavy (non-hydrogen) atoms. The fourth-order valence-corrected chi connectivity index (χ4v) is 2.52. The molecule has 2 saturated heterocycles. The maximum Gasteiger partial charge on any atom is 0.0588 e. The lowest BCUT2D eigenvalue weighted by molar-refractivity contribution is 0.0891. The predicted octanol–water partition coefficient (Wildman–Crippen LogP) is 2.26. The van der Waals surface area contributed by atoms with Gasteiger partial charge in [-0.05, 0) is 45.2 Å². The molecular weight excluding hydrogens is 198 g/mol. The van der Waals surface area contributed by atoms with E-state index in [0.717, 1.165) is 19.4 Å². The quantitative estimate of drug-likeness (QED) is 0.673. The molecule has 0 aliphatic carbocycles. The van der Waals surface area contributed by atoms with E-state index in [1.54, 1.807) is 0 Å². The molecular formula is C11H20ClNO. The Morgan fingerprint density at radius 1 is 1.21 bits per heavy atom. The third-order valence-corrected chi connectivity index (χ3v) is 3.74. The molecule has 2 heterocycles. The van der Waals surface area contributed by atoms with Crippen LogP contribution in [0.1, 0.15) is 32.1 Å². The number of hydrogen-bond donors (Lipinski definition) is 0. The van der Waals surface area contributed by atoms with E-state index in [2.05, 4.69) is 4.90 Å². The Kier molecular flexibility index (Phi) is 4.09. The monoisotopic (exact) mass is 217 g/mol. The molecule has 0 amide bonds. The van der Waals surface area contributed by atoms with Crippen molar-refractivity contribution in [1.29, 1.82) is 0 Å². The van der Waals surface area contributed by atoms with E-state index < -0.39 is 0 Å². The van der Waals surface area contributed by atoms with Crippen LogP contribution in [-0.4, -0.2) is 42.6 Å².